The highest BCUT2D eigenvalue weighted by Crippen LogP contribution is 2.25. The Hall–Kier alpha value is -0.500. The Morgan fingerprint density at radius 2 is 2.00 bits per heavy atom. The zero-order valence-corrected chi connectivity index (χ0v) is 16.2. The summed E-state index contributed by atoms with van der Waals surface area (Å²) in [6, 6.07) is 4.19. The van der Waals surface area contributed by atoms with Crippen LogP contribution in [0.25, 0.3) is 0 Å². The Labute approximate surface area is 150 Å². The number of methoxy groups -OCH3 is 3. The first-order valence-electron chi connectivity index (χ1n) is 8.32. The van der Waals surface area contributed by atoms with E-state index in [-0.39, 0.29) is 0 Å². The van der Waals surface area contributed by atoms with Crippen molar-refractivity contribution in [1.29, 1.82) is 0 Å². The smallest absolute Gasteiger partial charge is 0.0826 e. The lowest BCUT2D eigenvalue weighted by atomic mass is 9.90. The van der Waals surface area contributed by atoms with Gasteiger partial charge in [-0.2, -0.15) is 0 Å². The third kappa shape index (κ3) is 9.11. The molecule has 2 aliphatic heterocycles. The van der Waals surface area contributed by atoms with Crippen molar-refractivity contribution >= 4 is 11.3 Å². The summed E-state index contributed by atoms with van der Waals surface area (Å²) in [5, 5.41) is 2.09. The minimum Gasteiger partial charge on any atom is -0.384 e. The van der Waals surface area contributed by atoms with Crippen molar-refractivity contribution in [3.8, 4) is 0 Å². The van der Waals surface area contributed by atoms with E-state index in [1.165, 1.54) is 4.88 Å². The molecule has 2 fully saturated rings. The molecule has 140 valence electrons. The third-order valence-electron chi connectivity index (χ3n) is 3.75. The van der Waals surface area contributed by atoms with Crippen LogP contribution in [0.4, 0.5) is 0 Å². The number of hydrogen-bond acceptors (Lipinski definition) is 6. The molecular weight excluding hydrogens is 328 g/mol. The van der Waals surface area contributed by atoms with Crippen molar-refractivity contribution in [2.45, 2.75) is 25.9 Å². The lowest BCUT2D eigenvalue weighted by Gasteiger charge is -2.37. The van der Waals surface area contributed by atoms with Gasteiger partial charge in [-0.1, -0.05) is 13.0 Å². The fourth-order valence-corrected chi connectivity index (χ4v) is 2.93. The van der Waals surface area contributed by atoms with E-state index < -0.39 is 0 Å². The van der Waals surface area contributed by atoms with Crippen LogP contribution in [0.3, 0.4) is 0 Å². The normalized spacial score (nSPS) is 21.1. The van der Waals surface area contributed by atoms with E-state index in [2.05, 4.69) is 24.4 Å². The highest BCUT2D eigenvalue weighted by molar-refractivity contribution is 7.09. The molecule has 2 saturated heterocycles. The van der Waals surface area contributed by atoms with Gasteiger partial charge in [0.1, 0.15) is 0 Å². The minimum atomic E-state index is 0.328. The number of rotatable bonds is 6. The van der Waals surface area contributed by atoms with Crippen molar-refractivity contribution < 1.29 is 23.7 Å². The standard InChI is InChI=1S/C7H10OS.C6H12O2.C5H10O2/c1-8-5-4-7-3-2-6-9-7;1-6(3-7-2)4-8-5-6;1-6-5-2-3-7-4-5/h2-3,6H,4-5H2,1H3;3-5H2,1-2H3;5H,2-4H2,1H3. The van der Waals surface area contributed by atoms with Crippen molar-refractivity contribution in [3.05, 3.63) is 22.4 Å². The van der Waals surface area contributed by atoms with Crippen LogP contribution in [0, 0.1) is 5.41 Å². The zero-order valence-electron chi connectivity index (χ0n) is 15.4. The van der Waals surface area contributed by atoms with Crippen LogP contribution in [0.15, 0.2) is 17.5 Å². The summed E-state index contributed by atoms with van der Waals surface area (Å²) < 4.78 is 24.9. The molecular formula is C18H32O5S. The van der Waals surface area contributed by atoms with E-state index in [4.69, 9.17) is 23.7 Å². The van der Waals surface area contributed by atoms with Gasteiger partial charge in [-0.25, -0.2) is 0 Å². The highest BCUT2D eigenvalue weighted by Gasteiger charge is 2.32. The fraction of sp³-hybridized carbons (Fsp3) is 0.778. The molecule has 2 aliphatic rings. The minimum absolute atomic E-state index is 0.328. The SMILES string of the molecule is COC1CCOC1.COCC1(C)COC1.COCCc1cccs1. The quantitative estimate of drug-likeness (QED) is 0.780. The van der Waals surface area contributed by atoms with E-state index in [1.807, 2.05) is 0 Å². The lowest BCUT2D eigenvalue weighted by Crippen LogP contribution is -2.43. The second-order valence-corrected chi connectivity index (χ2v) is 7.31. The van der Waals surface area contributed by atoms with E-state index in [0.717, 1.165) is 52.5 Å². The first kappa shape index (κ1) is 21.5. The molecule has 1 unspecified atom stereocenters. The van der Waals surface area contributed by atoms with Gasteiger partial charge in [0.2, 0.25) is 0 Å². The summed E-state index contributed by atoms with van der Waals surface area (Å²) in [6.45, 7) is 7.21. The van der Waals surface area contributed by atoms with E-state index in [1.54, 1.807) is 32.7 Å². The van der Waals surface area contributed by atoms with Gasteiger partial charge in [-0.05, 0) is 17.9 Å². The van der Waals surface area contributed by atoms with Crippen LogP contribution in [-0.2, 0) is 30.1 Å². The molecule has 0 saturated carbocycles. The molecule has 5 nitrogen and oxygen atoms in total. The second kappa shape index (κ2) is 12.8. The molecule has 0 aromatic carbocycles. The summed E-state index contributed by atoms with van der Waals surface area (Å²) in [4.78, 5) is 1.40. The van der Waals surface area contributed by atoms with Crippen molar-refractivity contribution in [2.75, 3.05) is 61.0 Å². The van der Waals surface area contributed by atoms with Crippen LogP contribution in [-0.4, -0.2) is 67.1 Å². The van der Waals surface area contributed by atoms with Crippen LogP contribution < -0.4 is 0 Å². The van der Waals surface area contributed by atoms with Gasteiger partial charge >= 0.3 is 0 Å². The van der Waals surface area contributed by atoms with Crippen LogP contribution in [0.5, 0.6) is 0 Å². The molecule has 1 aromatic rings. The molecule has 6 heteroatoms. The third-order valence-corrected chi connectivity index (χ3v) is 4.68. The maximum Gasteiger partial charge on any atom is 0.0826 e. The van der Waals surface area contributed by atoms with Crippen LogP contribution >= 0.6 is 11.3 Å². The van der Waals surface area contributed by atoms with Gasteiger partial charge < -0.3 is 23.7 Å². The Kier molecular flexibility index (Phi) is 11.5. The molecule has 0 N–H and O–H groups in total. The Morgan fingerprint density at radius 3 is 2.33 bits per heavy atom. The molecule has 0 aliphatic carbocycles. The summed E-state index contributed by atoms with van der Waals surface area (Å²) in [7, 11) is 5.18. The Morgan fingerprint density at radius 1 is 1.21 bits per heavy atom. The first-order valence-corrected chi connectivity index (χ1v) is 9.20. The second-order valence-electron chi connectivity index (χ2n) is 6.28. The highest BCUT2D eigenvalue weighted by atomic mass is 32.1. The molecule has 24 heavy (non-hydrogen) atoms. The molecule has 0 bridgehead atoms. The maximum absolute atomic E-state index is 5.02. The molecule has 0 spiro atoms. The van der Waals surface area contributed by atoms with E-state index >= 15 is 0 Å². The van der Waals surface area contributed by atoms with E-state index in [0.29, 0.717) is 11.5 Å². The van der Waals surface area contributed by atoms with Gasteiger partial charge in [0.15, 0.2) is 0 Å². The predicted octanol–water partition coefficient (Wildman–Crippen LogP) is 3.03. The van der Waals surface area contributed by atoms with Gasteiger partial charge in [0, 0.05) is 44.6 Å². The Balaban J connectivity index is 0.000000181. The summed E-state index contributed by atoms with van der Waals surface area (Å²) in [6.07, 6.45) is 2.49. The monoisotopic (exact) mass is 360 g/mol. The molecule has 0 radical (unpaired) electrons. The average molecular weight is 361 g/mol. The number of hydrogen-bond donors (Lipinski definition) is 0. The van der Waals surface area contributed by atoms with Crippen molar-refractivity contribution in [1.82, 2.24) is 0 Å². The van der Waals surface area contributed by atoms with E-state index in [9.17, 15) is 0 Å². The molecule has 3 rings (SSSR count). The molecule has 1 aromatic heterocycles. The fourth-order valence-electron chi connectivity index (χ4n) is 2.24. The largest absolute Gasteiger partial charge is 0.384 e. The molecule has 1 atom stereocenters. The number of thiophene rings is 1. The zero-order chi connectivity index (χ0) is 17.7. The molecule has 3 heterocycles. The van der Waals surface area contributed by atoms with Crippen molar-refractivity contribution in [3.63, 3.8) is 0 Å². The van der Waals surface area contributed by atoms with Crippen LogP contribution in [0.1, 0.15) is 18.2 Å². The topological polar surface area (TPSA) is 46.2 Å². The average Bonchev–Trinajstić information content (AvgIpc) is 3.26. The van der Waals surface area contributed by atoms with Gasteiger partial charge in [-0.15, -0.1) is 11.3 Å². The lowest BCUT2D eigenvalue weighted by molar-refractivity contribution is -0.131. The van der Waals surface area contributed by atoms with Gasteiger partial charge in [0.05, 0.1) is 39.1 Å². The maximum atomic E-state index is 5.02. The first-order chi connectivity index (χ1) is 11.6. The summed E-state index contributed by atoms with van der Waals surface area (Å²) in [5.74, 6) is 0. The van der Waals surface area contributed by atoms with Crippen LogP contribution in [0.2, 0.25) is 0 Å². The molecule has 0 amide bonds. The Bertz CT molecular complexity index is 386. The van der Waals surface area contributed by atoms with Crippen molar-refractivity contribution in [2.24, 2.45) is 5.41 Å². The predicted molar refractivity (Wildman–Crippen MR) is 96.9 cm³/mol. The number of ether oxygens (including phenoxy) is 5. The summed E-state index contributed by atoms with van der Waals surface area (Å²) >= 11 is 1.78. The summed E-state index contributed by atoms with van der Waals surface area (Å²) in [5.41, 5.74) is 0.328. The van der Waals surface area contributed by atoms with Gasteiger partial charge in [-0.3, -0.25) is 0 Å². The van der Waals surface area contributed by atoms with Gasteiger partial charge in [0.25, 0.3) is 0 Å².